The van der Waals surface area contributed by atoms with Crippen LogP contribution in [0.15, 0.2) is 54.0 Å². The first-order valence-electron chi connectivity index (χ1n) is 19.9. The van der Waals surface area contributed by atoms with Crippen LogP contribution in [0.2, 0.25) is 0 Å². The van der Waals surface area contributed by atoms with E-state index in [1.807, 2.05) is 76.5 Å². The molecule has 304 valence electrons. The maximum Gasteiger partial charge on any atom is 0.251 e. The smallest absolute Gasteiger partial charge is 0.251 e. The third kappa shape index (κ3) is 10.6. The minimum atomic E-state index is -0.824. The van der Waals surface area contributed by atoms with Gasteiger partial charge in [-0.15, -0.1) is 11.3 Å². The zero-order valence-corrected chi connectivity index (χ0v) is 35.4. The molecule has 2 fully saturated rings. The van der Waals surface area contributed by atoms with Crippen LogP contribution < -0.4 is 20.7 Å². The van der Waals surface area contributed by atoms with Crippen LogP contribution in [-0.2, 0) is 19.1 Å². The Hall–Kier alpha value is -4.29. The SMILES string of the molecule is Cc1ncsc1-c1ccc([C@@H](C)NC(=O)[C@@H]2CCCN2C(=O)[C@@H](NC(=O)COCCCCOc2ccc(C(=O)NC3C(C)(C)CC3(C)C)cc2)C(C)(C)C)cc1. The fourth-order valence-corrected chi connectivity index (χ4v) is 9.30. The summed E-state index contributed by atoms with van der Waals surface area (Å²) in [5.74, 6) is -0.235. The Morgan fingerprint density at radius 1 is 0.946 bits per heavy atom. The van der Waals surface area contributed by atoms with Gasteiger partial charge in [-0.05, 0) is 97.6 Å². The third-order valence-corrected chi connectivity index (χ3v) is 12.1. The Balaban J connectivity index is 1.02. The van der Waals surface area contributed by atoms with Gasteiger partial charge in [0.1, 0.15) is 24.4 Å². The van der Waals surface area contributed by atoms with Crippen LogP contribution in [0.5, 0.6) is 5.75 Å². The van der Waals surface area contributed by atoms with Crippen LogP contribution >= 0.6 is 11.3 Å². The number of nitrogens with one attached hydrogen (secondary N) is 3. The number of hydrogen-bond donors (Lipinski definition) is 3. The van der Waals surface area contributed by atoms with Crippen molar-refractivity contribution in [1.29, 1.82) is 0 Å². The van der Waals surface area contributed by atoms with Gasteiger partial charge < -0.3 is 30.3 Å². The molecule has 1 saturated carbocycles. The molecule has 56 heavy (non-hydrogen) atoms. The molecule has 2 heterocycles. The molecule has 3 N–H and O–H groups in total. The second-order valence-electron chi connectivity index (χ2n) is 17.9. The lowest BCUT2D eigenvalue weighted by Crippen LogP contribution is -2.63. The Bertz CT molecular complexity index is 1820. The number of ether oxygens (including phenoxy) is 2. The molecule has 0 unspecified atom stereocenters. The highest BCUT2D eigenvalue weighted by Gasteiger charge is 2.53. The molecule has 3 aromatic rings. The second-order valence-corrected chi connectivity index (χ2v) is 18.7. The molecule has 1 aromatic heterocycles. The third-order valence-electron chi connectivity index (χ3n) is 11.1. The highest BCUT2D eigenvalue weighted by Crippen LogP contribution is 2.53. The van der Waals surface area contributed by atoms with Gasteiger partial charge in [-0.3, -0.25) is 19.2 Å². The lowest BCUT2D eigenvalue weighted by molar-refractivity contribution is -0.144. The van der Waals surface area contributed by atoms with Crippen molar-refractivity contribution in [1.82, 2.24) is 25.8 Å². The van der Waals surface area contributed by atoms with E-state index in [2.05, 4.69) is 48.6 Å². The summed E-state index contributed by atoms with van der Waals surface area (Å²) in [6, 6.07) is 13.7. The molecule has 0 radical (unpaired) electrons. The van der Waals surface area contributed by atoms with Crippen LogP contribution in [0.25, 0.3) is 10.4 Å². The Labute approximate surface area is 336 Å². The van der Waals surface area contributed by atoms with Crippen LogP contribution in [-0.4, -0.2) is 78.0 Å². The fourth-order valence-electron chi connectivity index (χ4n) is 8.49. The topological polar surface area (TPSA) is 139 Å². The highest BCUT2D eigenvalue weighted by molar-refractivity contribution is 7.13. The van der Waals surface area contributed by atoms with E-state index in [0.717, 1.165) is 28.1 Å². The number of carbonyl (C=O) groups is 4. The minimum Gasteiger partial charge on any atom is -0.494 e. The largest absolute Gasteiger partial charge is 0.494 e. The standard InChI is InChI=1S/C44H61N5O6S/c1-28(30-14-16-31(17-15-30)36-29(2)45-27-56-36)46-39(52)34-13-12-22-49(34)40(53)37(42(3,4)5)47-35(50)25-54-23-10-11-24-55-33-20-18-32(19-21-33)38(51)48-41-43(6,7)26-44(41,8)9/h14-21,27-28,34,37,41H,10-13,22-26H2,1-9H3,(H,46,52)(H,47,50)(H,48,51)/t28-,34+,37-/m1/s1. The molecule has 12 heteroatoms. The number of nitrogens with zero attached hydrogens (tertiary/aromatic N) is 2. The van der Waals surface area contributed by atoms with Crippen molar-refractivity contribution < 1.29 is 28.7 Å². The predicted octanol–water partition coefficient (Wildman–Crippen LogP) is 7.25. The van der Waals surface area contributed by atoms with E-state index in [9.17, 15) is 19.2 Å². The van der Waals surface area contributed by atoms with Crippen molar-refractivity contribution in [3.8, 4) is 16.2 Å². The lowest BCUT2D eigenvalue weighted by Gasteiger charge is -2.57. The number of aromatic nitrogens is 1. The second kappa shape index (κ2) is 17.9. The molecule has 11 nitrogen and oxygen atoms in total. The molecular formula is C44H61N5O6S. The molecule has 1 aliphatic carbocycles. The molecule has 1 saturated heterocycles. The van der Waals surface area contributed by atoms with E-state index >= 15 is 0 Å². The van der Waals surface area contributed by atoms with E-state index in [4.69, 9.17) is 9.47 Å². The van der Waals surface area contributed by atoms with Gasteiger partial charge in [-0.2, -0.15) is 0 Å². The van der Waals surface area contributed by atoms with Crippen molar-refractivity contribution in [3.63, 3.8) is 0 Å². The van der Waals surface area contributed by atoms with Gasteiger partial charge in [0.25, 0.3) is 5.91 Å². The van der Waals surface area contributed by atoms with E-state index in [0.29, 0.717) is 56.8 Å². The number of amides is 4. The average molecular weight is 788 g/mol. The summed E-state index contributed by atoms with van der Waals surface area (Å²) in [6.07, 6.45) is 3.74. The van der Waals surface area contributed by atoms with Crippen LogP contribution in [0.4, 0.5) is 0 Å². The van der Waals surface area contributed by atoms with Gasteiger partial charge in [-0.25, -0.2) is 4.98 Å². The van der Waals surface area contributed by atoms with E-state index in [1.165, 1.54) is 0 Å². The molecule has 4 amide bonds. The number of likely N-dealkylation sites (tertiary alicyclic amines) is 1. The summed E-state index contributed by atoms with van der Waals surface area (Å²) < 4.78 is 11.5. The number of hydrogen-bond acceptors (Lipinski definition) is 8. The van der Waals surface area contributed by atoms with Crippen LogP contribution in [0.3, 0.4) is 0 Å². The number of carbonyl (C=O) groups excluding carboxylic acids is 4. The van der Waals surface area contributed by atoms with Gasteiger partial charge in [0.05, 0.1) is 28.7 Å². The van der Waals surface area contributed by atoms with E-state index in [-0.39, 0.29) is 53.1 Å². The molecule has 2 aromatic carbocycles. The maximum atomic E-state index is 13.9. The Kier molecular flexibility index (Phi) is 13.7. The summed E-state index contributed by atoms with van der Waals surface area (Å²) in [6.45, 7) is 19.5. The number of unbranched alkanes of at least 4 members (excludes halogenated alkanes) is 1. The molecule has 1 aliphatic heterocycles. The summed E-state index contributed by atoms with van der Waals surface area (Å²) >= 11 is 1.60. The lowest BCUT2D eigenvalue weighted by atomic mass is 9.52. The Morgan fingerprint density at radius 2 is 1.61 bits per heavy atom. The molecule has 0 spiro atoms. The van der Waals surface area contributed by atoms with E-state index < -0.39 is 17.5 Å². The number of thiazole rings is 1. The van der Waals surface area contributed by atoms with Gasteiger partial charge >= 0.3 is 0 Å². The van der Waals surface area contributed by atoms with Gasteiger partial charge in [-0.1, -0.05) is 72.7 Å². The molecule has 0 bridgehead atoms. The molecular weight excluding hydrogens is 727 g/mol. The number of aryl methyl sites for hydroxylation is 1. The summed E-state index contributed by atoms with van der Waals surface area (Å²) in [5.41, 5.74) is 5.06. The maximum absolute atomic E-state index is 13.9. The molecule has 5 rings (SSSR count). The van der Waals surface area contributed by atoms with Gasteiger partial charge in [0.2, 0.25) is 17.7 Å². The zero-order valence-electron chi connectivity index (χ0n) is 34.6. The van der Waals surface area contributed by atoms with Crippen molar-refractivity contribution in [3.05, 3.63) is 70.9 Å². The quantitative estimate of drug-likeness (QED) is 0.130. The first-order chi connectivity index (χ1) is 26.4. The van der Waals surface area contributed by atoms with Crippen molar-refractivity contribution in [2.45, 2.75) is 119 Å². The van der Waals surface area contributed by atoms with Crippen molar-refractivity contribution >= 4 is 35.0 Å². The van der Waals surface area contributed by atoms with Gasteiger partial charge in [0.15, 0.2) is 0 Å². The Morgan fingerprint density at radius 3 is 2.21 bits per heavy atom. The highest BCUT2D eigenvalue weighted by atomic mass is 32.1. The minimum absolute atomic E-state index is 0.0730. The van der Waals surface area contributed by atoms with Gasteiger partial charge in [0, 0.05) is 24.8 Å². The summed E-state index contributed by atoms with van der Waals surface area (Å²) in [7, 11) is 0. The molecule has 2 aliphatic rings. The molecule has 3 atom stereocenters. The first kappa shape index (κ1) is 42.8. The number of rotatable bonds is 16. The van der Waals surface area contributed by atoms with Crippen molar-refractivity contribution in [2.75, 3.05) is 26.4 Å². The normalized spacial score (nSPS) is 18.7. The van der Waals surface area contributed by atoms with Crippen LogP contribution in [0, 0.1) is 23.2 Å². The van der Waals surface area contributed by atoms with E-state index in [1.54, 1.807) is 28.4 Å². The fraction of sp³-hybridized carbons (Fsp3) is 0.568. The predicted molar refractivity (Wildman–Crippen MR) is 220 cm³/mol. The van der Waals surface area contributed by atoms with Crippen molar-refractivity contribution in [2.24, 2.45) is 16.2 Å². The average Bonchev–Trinajstić information content (AvgIpc) is 3.81. The number of benzene rings is 2. The summed E-state index contributed by atoms with van der Waals surface area (Å²) in [4.78, 5) is 60.4. The summed E-state index contributed by atoms with van der Waals surface area (Å²) in [5, 5.41) is 9.22. The first-order valence-corrected chi connectivity index (χ1v) is 20.8. The van der Waals surface area contributed by atoms with Crippen LogP contribution in [0.1, 0.15) is 115 Å². The monoisotopic (exact) mass is 787 g/mol. The zero-order chi connectivity index (χ0) is 40.8.